The Hall–Kier alpha value is -4.54. The Bertz CT molecular complexity index is 1760. The lowest BCUT2D eigenvalue weighted by Crippen LogP contribution is -2.46. The quantitative estimate of drug-likeness (QED) is 0.0624. The van der Waals surface area contributed by atoms with Gasteiger partial charge >= 0.3 is 60.5 Å². The molecule has 2 aliphatic carbocycles. The van der Waals surface area contributed by atoms with Crippen LogP contribution in [0.15, 0.2) is 24.3 Å². The predicted molar refractivity (Wildman–Crippen MR) is 280 cm³/mol. The average molecular weight is 1180 g/mol. The molecule has 0 N–H and O–H groups in total. The van der Waals surface area contributed by atoms with Crippen molar-refractivity contribution in [1.29, 1.82) is 0 Å². The summed E-state index contributed by atoms with van der Waals surface area (Å²) >= 11 is 0. The minimum absolute atomic E-state index is 0. The Balaban J connectivity index is -0.000000172. The molecule has 24 heteroatoms. The molecule has 12 nitrogen and oxygen atoms in total. The number of hydrogen-bond donors (Lipinski definition) is 0. The van der Waals surface area contributed by atoms with Crippen molar-refractivity contribution in [3.8, 4) is 0 Å². The summed E-state index contributed by atoms with van der Waals surface area (Å²) in [6, 6.07) is 0. The summed E-state index contributed by atoms with van der Waals surface area (Å²) in [6.45, 7) is 21.7. The van der Waals surface area contributed by atoms with Gasteiger partial charge in [-0.25, -0.2) is 19.2 Å². The number of carbonyl (C=O) groups excluding carboxylic acids is 6. The number of halogens is 12. The monoisotopic (exact) mass is 1180 g/mol. The van der Waals surface area contributed by atoms with E-state index < -0.39 is 79.4 Å². The van der Waals surface area contributed by atoms with E-state index in [1.165, 1.54) is 85.0 Å². The molecule has 0 radical (unpaired) electrons. The smallest absolute Gasteiger partial charge is 0.434 e. The van der Waals surface area contributed by atoms with Crippen molar-refractivity contribution >= 4 is 35.8 Å². The lowest BCUT2D eigenvalue weighted by atomic mass is 9.83. The van der Waals surface area contributed by atoms with E-state index in [4.69, 9.17) is 9.47 Å². The van der Waals surface area contributed by atoms with Crippen LogP contribution < -0.4 is 0 Å². The first kappa shape index (κ1) is 88.3. The van der Waals surface area contributed by atoms with Gasteiger partial charge in [-0.2, -0.15) is 52.7 Å². The fraction of sp³-hybridized carbons (Fsp3) is 0.818. The largest absolute Gasteiger partial charge is 0.459 e. The third kappa shape index (κ3) is 35.0. The van der Waals surface area contributed by atoms with Gasteiger partial charge in [0.1, 0.15) is 11.2 Å². The van der Waals surface area contributed by atoms with Gasteiger partial charge in [-0.1, -0.05) is 117 Å². The van der Waals surface area contributed by atoms with Crippen LogP contribution in [0.1, 0.15) is 222 Å². The second kappa shape index (κ2) is 39.0. The minimum atomic E-state index is -5.81. The first-order valence-electron chi connectivity index (χ1n) is 24.4. The average Bonchev–Trinajstić information content (AvgIpc) is 3.26. The molecule has 0 aromatic carbocycles. The van der Waals surface area contributed by atoms with Crippen LogP contribution in [0.25, 0.3) is 0 Å². The number of ether oxygens (including phenoxy) is 6. The van der Waals surface area contributed by atoms with Gasteiger partial charge in [0.05, 0.1) is 10.8 Å². The Morgan fingerprint density at radius 2 is 0.696 bits per heavy atom. The van der Waals surface area contributed by atoms with Gasteiger partial charge in [0.25, 0.3) is 12.2 Å². The molecule has 0 aromatic heterocycles. The lowest BCUT2D eigenvalue weighted by Gasteiger charge is -2.37. The Kier molecular flexibility index (Phi) is 43.6. The highest BCUT2D eigenvalue weighted by atomic mass is 19.4. The van der Waals surface area contributed by atoms with Crippen molar-refractivity contribution in [3.05, 3.63) is 24.3 Å². The second-order valence-electron chi connectivity index (χ2n) is 19.5. The van der Waals surface area contributed by atoms with Gasteiger partial charge in [0, 0.05) is 11.1 Å². The molecule has 0 bridgehead atoms. The van der Waals surface area contributed by atoms with Crippen LogP contribution in [-0.4, -0.2) is 97.1 Å². The maximum atomic E-state index is 12.3. The molecule has 0 aliphatic heterocycles. The number of hydrogen-bond acceptors (Lipinski definition) is 12. The first-order valence-corrected chi connectivity index (χ1v) is 24.4. The van der Waals surface area contributed by atoms with Crippen molar-refractivity contribution in [1.82, 2.24) is 0 Å². The maximum Gasteiger partial charge on any atom is 0.434 e. The molecule has 0 spiro atoms. The van der Waals surface area contributed by atoms with E-state index in [1.54, 1.807) is 13.8 Å². The van der Waals surface area contributed by atoms with Crippen molar-refractivity contribution < 1.29 is 110 Å². The summed E-state index contributed by atoms with van der Waals surface area (Å²) in [5.41, 5.74) is -1.43. The second-order valence-corrected chi connectivity index (χ2v) is 19.5. The highest BCUT2D eigenvalue weighted by Crippen LogP contribution is 2.39. The number of esters is 6. The zero-order chi connectivity index (χ0) is 58.2. The van der Waals surface area contributed by atoms with Gasteiger partial charge in [0.2, 0.25) is 0 Å². The Morgan fingerprint density at radius 1 is 0.430 bits per heavy atom. The number of alkyl halides is 12. The summed E-state index contributed by atoms with van der Waals surface area (Å²) in [6.07, 6.45) is -12.1. The summed E-state index contributed by atoms with van der Waals surface area (Å²) in [5.74, 6) is -6.22. The Labute approximate surface area is 463 Å². The molecular weight excluding hydrogens is 1080 g/mol. The maximum absolute atomic E-state index is 12.3. The van der Waals surface area contributed by atoms with Gasteiger partial charge < -0.3 is 28.4 Å². The normalized spacial score (nSPS) is 15.4. The van der Waals surface area contributed by atoms with Crippen LogP contribution in [0.5, 0.6) is 0 Å². The highest BCUT2D eigenvalue weighted by molar-refractivity contribution is 5.88. The number of rotatable bonds is 16. The summed E-state index contributed by atoms with van der Waals surface area (Å²) < 4.78 is 171. The molecule has 2 rings (SSSR count). The molecule has 2 saturated carbocycles. The van der Waals surface area contributed by atoms with Gasteiger partial charge in [0.15, 0.2) is 13.2 Å². The minimum Gasteiger partial charge on any atom is -0.459 e. The lowest BCUT2D eigenvalue weighted by molar-refractivity contribution is -0.314. The first-order chi connectivity index (χ1) is 33.6. The zero-order valence-corrected chi connectivity index (χ0v) is 44.1. The summed E-state index contributed by atoms with van der Waals surface area (Å²) in [5, 5.41) is 0. The van der Waals surface area contributed by atoms with Crippen molar-refractivity contribution in [3.63, 3.8) is 0 Å². The molecule has 2 aliphatic rings. The van der Waals surface area contributed by atoms with Crippen LogP contribution in [0.2, 0.25) is 0 Å². The Morgan fingerprint density at radius 3 is 0.962 bits per heavy atom. The standard InChI is InChI=1S/C16H30O2.C14H24O2.C11H14F6O4.C9H8F6O4.5CH4/c1-5-15(3,4)14(17)18-16(6-2)12-10-8-7-9-11-13-16;1-4-14(16-13(15)12(2)3)10-8-6-5-7-9-11-14;1-4-9(2,3)8(19)20-5-6(18)21-7(10(12,13)14)11(15,16)17;1-4(2)6(17)18-3-5(16)19-7(8(10,11)12)9(13,14)15;;;;;/h5-13H2,1-4H3;2,4-11H2,1,3H3;7H,4-5H2,1-3H3;7H,1,3H2,2H3;5*1H4. The molecule has 0 heterocycles. The van der Waals surface area contributed by atoms with E-state index in [1.807, 2.05) is 13.8 Å². The van der Waals surface area contributed by atoms with Crippen LogP contribution >= 0.6 is 0 Å². The molecule has 0 unspecified atom stereocenters. The van der Waals surface area contributed by atoms with Crippen molar-refractivity contribution in [2.75, 3.05) is 13.2 Å². The van der Waals surface area contributed by atoms with E-state index in [0.29, 0.717) is 12.0 Å². The fourth-order valence-electron chi connectivity index (χ4n) is 6.60. The van der Waals surface area contributed by atoms with E-state index in [0.717, 1.165) is 44.9 Å². The molecule has 2 fully saturated rings. The van der Waals surface area contributed by atoms with Crippen LogP contribution in [0.3, 0.4) is 0 Å². The van der Waals surface area contributed by atoms with Crippen molar-refractivity contribution in [2.45, 2.75) is 270 Å². The molecule has 0 aromatic rings. The topological polar surface area (TPSA) is 158 Å². The highest BCUT2D eigenvalue weighted by Gasteiger charge is 2.61. The van der Waals surface area contributed by atoms with Crippen LogP contribution in [-0.2, 0) is 57.2 Å². The molecule has 79 heavy (non-hydrogen) atoms. The third-order valence-corrected chi connectivity index (χ3v) is 12.3. The molecule has 0 atom stereocenters. The van der Waals surface area contributed by atoms with E-state index in [9.17, 15) is 81.5 Å². The van der Waals surface area contributed by atoms with Gasteiger partial charge in [-0.3, -0.25) is 9.59 Å². The number of carbonyl (C=O) groups is 6. The molecule has 472 valence electrons. The molecule has 0 amide bonds. The molecule has 0 saturated heterocycles. The van der Waals surface area contributed by atoms with E-state index >= 15 is 0 Å². The summed E-state index contributed by atoms with van der Waals surface area (Å²) in [7, 11) is 0. The van der Waals surface area contributed by atoms with E-state index in [-0.39, 0.29) is 71.3 Å². The van der Waals surface area contributed by atoms with Crippen LogP contribution in [0, 0.1) is 10.8 Å². The van der Waals surface area contributed by atoms with Gasteiger partial charge in [-0.05, 0) is 119 Å². The predicted octanol–water partition coefficient (Wildman–Crippen LogP) is 17.2. The SMILES string of the molecule is C.C.C.C.C.C=C(C)C(=O)OC1(CC)CCCCCCC1.C=C(C)C(=O)OCC(=O)OC(C(F)(F)F)C(F)(F)F.CCC(C)(C)C(=O)OCC(=O)OC(C(F)(F)F)C(F)(F)F.CCC1(OC(=O)C(C)(C)CC)CCCCCCC1. The molecular formula is C55H96F12O12. The fourth-order valence-corrected chi connectivity index (χ4v) is 6.60. The van der Waals surface area contributed by atoms with Crippen LogP contribution in [0.4, 0.5) is 52.7 Å². The van der Waals surface area contributed by atoms with Crippen molar-refractivity contribution in [2.24, 2.45) is 10.8 Å². The summed E-state index contributed by atoms with van der Waals surface area (Å²) in [4.78, 5) is 67.8. The zero-order valence-electron chi connectivity index (χ0n) is 44.1. The van der Waals surface area contributed by atoms with Gasteiger partial charge in [-0.15, -0.1) is 0 Å². The van der Waals surface area contributed by atoms with E-state index in [2.05, 4.69) is 52.9 Å². The third-order valence-electron chi connectivity index (χ3n) is 12.3.